The standard InChI is InChI=1S/C22H20ClN5O2/c1-14-10-15(2)28(26-14)13-16-6-8-17(9-7-16)22(29)24-12-20-25-21(27-30-20)18-4-3-5-19(23)11-18/h3-11H,12-13H2,1-2H3,(H,24,29). The number of carbonyl (C=O) groups is 1. The summed E-state index contributed by atoms with van der Waals surface area (Å²) in [6.45, 7) is 4.80. The molecule has 0 radical (unpaired) electrons. The van der Waals surface area contributed by atoms with Gasteiger partial charge in [-0.15, -0.1) is 0 Å². The van der Waals surface area contributed by atoms with Crippen molar-refractivity contribution in [3.05, 3.63) is 88.0 Å². The Hall–Kier alpha value is -3.45. The molecule has 0 atom stereocenters. The quantitative estimate of drug-likeness (QED) is 0.504. The van der Waals surface area contributed by atoms with Crippen molar-refractivity contribution < 1.29 is 9.32 Å². The lowest BCUT2D eigenvalue weighted by molar-refractivity contribution is 0.0946. The highest BCUT2D eigenvalue weighted by molar-refractivity contribution is 6.30. The van der Waals surface area contributed by atoms with Gasteiger partial charge in [0.25, 0.3) is 5.91 Å². The first-order chi connectivity index (χ1) is 14.5. The number of amides is 1. The van der Waals surface area contributed by atoms with Crippen LogP contribution in [-0.2, 0) is 13.1 Å². The molecule has 0 bridgehead atoms. The van der Waals surface area contributed by atoms with Crippen molar-refractivity contribution in [2.24, 2.45) is 0 Å². The largest absolute Gasteiger partial charge is 0.343 e. The van der Waals surface area contributed by atoms with Gasteiger partial charge < -0.3 is 9.84 Å². The molecule has 30 heavy (non-hydrogen) atoms. The van der Waals surface area contributed by atoms with Crippen LogP contribution in [0.1, 0.15) is 33.2 Å². The van der Waals surface area contributed by atoms with Gasteiger partial charge in [0.05, 0.1) is 18.8 Å². The topological polar surface area (TPSA) is 85.8 Å². The van der Waals surface area contributed by atoms with Gasteiger partial charge in [-0.05, 0) is 49.7 Å². The van der Waals surface area contributed by atoms with Crippen LogP contribution in [-0.4, -0.2) is 25.8 Å². The van der Waals surface area contributed by atoms with Gasteiger partial charge in [-0.3, -0.25) is 9.48 Å². The second-order valence-corrected chi connectivity index (χ2v) is 7.42. The summed E-state index contributed by atoms with van der Waals surface area (Å²) in [7, 11) is 0. The highest BCUT2D eigenvalue weighted by Gasteiger charge is 2.12. The first-order valence-corrected chi connectivity index (χ1v) is 9.82. The maximum absolute atomic E-state index is 12.4. The van der Waals surface area contributed by atoms with Crippen molar-refractivity contribution in [1.82, 2.24) is 25.2 Å². The Labute approximate surface area is 178 Å². The summed E-state index contributed by atoms with van der Waals surface area (Å²) in [6.07, 6.45) is 0. The van der Waals surface area contributed by atoms with Crippen LogP contribution in [0.25, 0.3) is 11.4 Å². The number of hydrogen-bond donors (Lipinski definition) is 1. The predicted molar refractivity (Wildman–Crippen MR) is 113 cm³/mol. The molecule has 4 aromatic rings. The fourth-order valence-corrected chi connectivity index (χ4v) is 3.29. The molecule has 2 heterocycles. The summed E-state index contributed by atoms with van der Waals surface area (Å²) in [5, 5.41) is 11.8. The Morgan fingerprint density at radius 1 is 1.13 bits per heavy atom. The minimum atomic E-state index is -0.213. The lowest BCUT2D eigenvalue weighted by Gasteiger charge is -2.06. The molecule has 0 aliphatic heterocycles. The van der Waals surface area contributed by atoms with Crippen molar-refractivity contribution in [1.29, 1.82) is 0 Å². The molecular weight excluding hydrogens is 402 g/mol. The predicted octanol–water partition coefficient (Wildman–Crippen LogP) is 4.18. The van der Waals surface area contributed by atoms with Crippen LogP contribution in [0.5, 0.6) is 0 Å². The van der Waals surface area contributed by atoms with E-state index < -0.39 is 0 Å². The summed E-state index contributed by atoms with van der Waals surface area (Å²) in [6, 6.07) is 16.7. The second-order valence-electron chi connectivity index (χ2n) is 6.99. The smallest absolute Gasteiger partial charge is 0.251 e. The Morgan fingerprint density at radius 2 is 1.93 bits per heavy atom. The van der Waals surface area contributed by atoms with E-state index in [1.165, 1.54) is 0 Å². The average molecular weight is 422 g/mol. The third kappa shape index (κ3) is 4.58. The third-order valence-corrected chi connectivity index (χ3v) is 4.84. The number of aromatic nitrogens is 4. The number of nitrogens with one attached hydrogen (secondary N) is 1. The molecule has 0 aliphatic rings. The summed E-state index contributed by atoms with van der Waals surface area (Å²) in [5.41, 5.74) is 4.47. The molecule has 0 saturated heterocycles. The molecule has 0 unspecified atom stereocenters. The van der Waals surface area contributed by atoms with Gasteiger partial charge >= 0.3 is 0 Å². The lowest BCUT2D eigenvalue weighted by Crippen LogP contribution is -2.23. The minimum absolute atomic E-state index is 0.139. The zero-order chi connectivity index (χ0) is 21.1. The van der Waals surface area contributed by atoms with Gasteiger partial charge in [-0.2, -0.15) is 10.1 Å². The SMILES string of the molecule is Cc1cc(C)n(Cc2ccc(C(=O)NCc3nc(-c4cccc(Cl)c4)no3)cc2)n1. The molecule has 8 heteroatoms. The fourth-order valence-electron chi connectivity index (χ4n) is 3.10. The molecule has 0 spiro atoms. The second kappa shape index (κ2) is 8.51. The van der Waals surface area contributed by atoms with Gasteiger partial charge in [0.1, 0.15) is 0 Å². The van der Waals surface area contributed by atoms with Gasteiger partial charge in [0, 0.05) is 21.8 Å². The van der Waals surface area contributed by atoms with E-state index in [0.29, 0.717) is 28.8 Å². The van der Waals surface area contributed by atoms with E-state index in [2.05, 4.69) is 20.6 Å². The Morgan fingerprint density at radius 3 is 2.63 bits per heavy atom. The Kier molecular flexibility index (Phi) is 5.63. The number of nitrogens with zero attached hydrogens (tertiary/aromatic N) is 4. The van der Waals surface area contributed by atoms with E-state index in [-0.39, 0.29) is 12.5 Å². The molecule has 152 valence electrons. The van der Waals surface area contributed by atoms with E-state index in [4.69, 9.17) is 16.1 Å². The molecule has 0 saturated carbocycles. The Balaban J connectivity index is 1.36. The summed E-state index contributed by atoms with van der Waals surface area (Å²) >= 11 is 5.99. The van der Waals surface area contributed by atoms with E-state index in [9.17, 15) is 4.79 Å². The molecule has 1 N–H and O–H groups in total. The highest BCUT2D eigenvalue weighted by atomic mass is 35.5. The summed E-state index contributed by atoms with van der Waals surface area (Å²) in [5.74, 6) is 0.532. The molecular formula is C22H20ClN5O2. The average Bonchev–Trinajstić information content (AvgIpc) is 3.33. The maximum Gasteiger partial charge on any atom is 0.251 e. The van der Waals surface area contributed by atoms with Crippen molar-refractivity contribution in [2.45, 2.75) is 26.9 Å². The number of carbonyl (C=O) groups excluding carboxylic acids is 1. The van der Waals surface area contributed by atoms with Crippen LogP contribution < -0.4 is 5.32 Å². The van der Waals surface area contributed by atoms with Crippen LogP contribution in [0.15, 0.2) is 59.1 Å². The molecule has 7 nitrogen and oxygen atoms in total. The first kappa shape index (κ1) is 19.8. The van der Waals surface area contributed by atoms with Crippen LogP contribution in [0, 0.1) is 13.8 Å². The van der Waals surface area contributed by atoms with Crippen molar-refractivity contribution in [2.75, 3.05) is 0 Å². The monoisotopic (exact) mass is 421 g/mol. The number of rotatable bonds is 6. The Bertz CT molecular complexity index is 1180. The number of halogens is 1. The van der Waals surface area contributed by atoms with Gasteiger partial charge in [-0.25, -0.2) is 0 Å². The summed E-state index contributed by atoms with van der Waals surface area (Å²) < 4.78 is 7.16. The molecule has 4 rings (SSSR count). The normalized spacial score (nSPS) is 10.9. The number of aryl methyl sites for hydroxylation is 2. The van der Waals surface area contributed by atoms with Gasteiger partial charge in [0.2, 0.25) is 11.7 Å². The van der Waals surface area contributed by atoms with Crippen molar-refractivity contribution in [3.8, 4) is 11.4 Å². The van der Waals surface area contributed by atoms with E-state index in [1.807, 2.05) is 48.9 Å². The minimum Gasteiger partial charge on any atom is -0.343 e. The molecule has 0 aliphatic carbocycles. The van der Waals surface area contributed by atoms with Crippen molar-refractivity contribution in [3.63, 3.8) is 0 Å². The molecule has 0 fully saturated rings. The molecule has 1 amide bonds. The van der Waals surface area contributed by atoms with E-state index in [0.717, 1.165) is 22.5 Å². The summed E-state index contributed by atoms with van der Waals surface area (Å²) in [4.78, 5) is 16.7. The van der Waals surface area contributed by atoms with Crippen LogP contribution in [0.4, 0.5) is 0 Å². The molecule has 2 aromatic heterocycles. The van der Waals surface area contributed by atoms with Crippen LogP contribution >= 0.6 is 11.6 Å². The lowest BCUT2D eigenvalue weighted by atomic mass is 10.1. The van der Waals surface area contributed by atoms with E-state index >= 15 is 0 Å². The maximum atomic E-state index is 12.4. The third-order valence-electron chi connectivity index (χ3n) is 4.60. The van der Waals surface area contributed by atoms with Gasteiger partial charge in [0.15, 0.2) is 0 Å². The zero-order valence-electron chi connectivity index (χ0n) is 16.6. The van der Waals surface area contributed by atoms with Crippen LogP contribution in [0.2, 0.25) is 5.02 Å². The fraction of sp³-hybridized carbons (Fsp3) is 0.182. The van der Waals surface area contributed by atoms with Crippen molar-refractivity contribution >= 4 is 17.5 Å². The zero-order valence-corrected chi connectivity index (χ0v) is 17.3. The highest BCUT2D eigenvalue weighted by Crippen LogP contribution is 2.20. The molecule has 2 aromatic carbocycles. The van der Waals surface area contributed by atoms with Crippen LogP contribution in [0.3, 0.4) is 0 Å². The van der Waals surface area contributed by atoms with E-state index in [1.54, 1.807) is 24.3 Å². The number of benzene rings is 2. The first-order valence-electron chi connectivity index (χ1n) is 9.44. The van der Waals surface area contributed by atoms with Gasteiger partial charge in [-0.1, -0.05) is 41.0 Å². The number of hydrogen-bond acceptors (Lipinski definition) is 5.